The van der Waals surface area contributed by atoms with Gasteiger partial charge in [-0.15, -0.1) is 0 Å². The fourth-order valence-corrected chi connectivity index (χ4v) is 9.04. The van der Waals surface area contributed by atoms with Crippen LogP contribution in [0.25, 0.3) is 0 Å². The molecule has 2 unspecified atom stereocenters. The van der Waals surface area contributed by atoms with Crippen molar-refractivity contribution < 1.29 is 23.9 Å². The lowest BCUT2D eigenvalue weighted by atomic mass is 9.87. The van der Waals surface area contributed by atoms with E-state index in [1.54, 1.807) is 44.7 Å². The van der Waals surface area contributed by atoms with Gasteiger partial charge in [0.1, 0.15) is 23.7 Å². The number of carbonyl (C=O) groups excluding carboxylic acids is 4. The number of aryl methyl sites for hydroxylation is 1. The Kier molecular flexibility index (Phi) is 10.3. The minimum Gasteiger partial charge on any atom is -0.444 e. The van der Waals surface area contributed by atoms with Crippen LogP contribution < -0.4 is 16.4 Å². The molecule has 2 aliphatic rings. The predicted octanol–water partition coefficient (Wildman–Crippen LogP) is 4.20. The summed E-state index contributed by atoms with van der Waals surface area (Å²) in [4.78, 5) is 57.4. The van der Waals surface area contributed by atoms with Gasteiger partial charge in [-0.25, -0.2) is 4.79 Å². The van der Waals surface area contributed by atoms with Crippen LogP contribution in [-0.2, 0) is 32.0 Å². The maximum atomic E-state index is 14.4. The number of hydrogen-bond donors (Lipinski definition) is 3. The van der Waals surface area contributed by atoms with Crippen molar-refractivity contribution in [3.8, 4) is 0 Å². The fourth-order valence-electron chi connectivity index (χ4n) is 6.16. The molecule has 1 heterocycles. The molecule has 10 nitrogen and oxygen atoms in total. The first-order valence-corrected chi connectivity index (χ1v) is 19.3. The predicted molar refractivity (Wildman–Crippen MR) is 178 cm³/mol. The minimum atomic E-state index is -1.95. The van der Waals surface area contributed by atoms with E-state index in [2.05, 4.69) is 35.9 Å². The number of rotatable bonds is 8. The van der Waals surface area contributed by atoms with Crippen LogP contribution in [-0.4, -0.2) is 78.6 Å². The Morgan fingerprint density at radius 1 is 1.09 bits per heavy atom. The molecule has 4 amide bonds. The molecule has 4 rings (SSSR count). The molecule has 1 saturated heterocycles. The number of nitrogens with one attached hydrogen (secondary N) is 2. The molecule has 11 heteroatoms. The third kappa shape index (κ3) is 8.65. The molecule has 1 aliphatic heterocycles. The molecule has 4 N–H and O–H groups in total. The lowest BCUT2D eigenvalue weighted by Crippen LogP contribution is -2.57. The highest BCUT2D eigenvalue weighted by Gasteiger charge is 2.47. The number of amides is 4. The summed E-state index contributed by atoms with van der Waals surface area (Å²) < 4.78 is 5.44. The second-order valence-electron chi connectivity index (χ2n) is 14.3. The second-order valence-corrected chi connectivity index (χ2v) is 19.3. The van der Waals surface area contributed by atoms with Gasteiger partial charge in [0, 0.05) is 25.3 Å². The van der Waals surface area contributed by atoms with Crippen LogP contribution in [0.3, 0.4) is 0 Å². The SMILES string of the molecule is C[C@@H](C(=O)N[C@@H](Cc1ccc(N)cc1)C(=O)N1C[Si](C)(C)CC1C(=O)NC1CCCc2ccccc21)N(C)C(=O)OC(C)(C)C. The Hall–Kier alpha value is -3.86. The Balaban J connectivity index is 1.56. The largest absolute Gasteiger partial charge is 0.444 e. The van der Waals surface area contributed by atoms with Crippen LogP contribution in [0, 0.1) is 0 Å². The molecule has 244 valence electrons. The van der Waals surface area contributed by atoms with E-state index in [1.807, 2.05) is 24.3 Å². The Morgan fingerprint density at radius 3 is 2.42 bits per heavy atom. The summed E-state index contributed by atoms with van der Waals surface area (Å²) in [5, 5.41) is 6.18. The smallest absolute Gasteiger partial charge is 0.410 e. The van der Waals surface area contributed by atoms with Crippen LogP contribution in [0.5, 0.6) is 0 Å². The standard InChI is InChI=1S/C34H49N5O5Si/c1-22(38(5)33(43)44-34(2,3)4)30(40)37-28(19-23-15-17-25(35)18-16-23)32(42)39-21-45(6,7)20-29(39)31(41)36-27-14-10-12-24-11-8-9-13-26(24)27/h8-9,11,13,15-18,22,27-29H,10,12,14,19-21,35H2,1-7H3,(H,36,41)(H,37,40)/t22-,27?,28-,29?/m0/s1. The van der Waals surface area contributed by atoms with Gasteiger partial charge < -0.3 is 26.0 Å². The van der Waals surface area contributed by atoms with Gasteiger partial charge in [0.15, 0.2) is 0 Å². The van der Waals surface area contributed by atoms with Crippen molar-refractivity contribution in [2.24, 2.45) is 0 Å². The third-order valence-corrected chi connectivity index (χ3v) is 11.4. The van der Waals surface area contributed by atoms with E-state index in [0.29, 0.717) is 17.9 Å². The molecule has 0 spiro atoms. The summed E-state index contributed by atoms with van der Waals surface area (Å²) in [6.07, 6.45) is 2.90. The van der Waals surface area contributed by atoms with Crippen LogP contribution in [0.4, 0.5) is 10.5 Å². The number of nitrogens with two attached hydrogens (primary N) is 1. The molecule has 2 aromatic carbocycles. The van der Waals surface area contributed by atoms with E-state index in [-0.39, 0.29) is 24.3 Å². The fraction of sp³-hybridized carbons (Fsp3) is 0.529. The second kappa shape index (κ2) is 13.6. The monoisotopic (exact) mass is 635 g/mol. The first-order chi connectivity index (χ1) is 21.0. The molecular formula is C34H49N5O5Si. The van der Waals surface area contributed by atoms with Gasteiger partial charge in [0.2, 0.25) is 17.7 Å². The van der Waals surface area contributed by atoms with Gasteiger partial charge in [-0.2, -0.15) is 0 Å². The topological polar surface area (TPSA) is 134 Å². The van der Waals surface area contributed by atoms with Crippen LogP contribution >= 0.6 is 0 Å². The summed E-state index contributed by atoms with van der Waals surface area (Å²) in [5.41, 5.74) is 8.96. The number of fused-ring (bicyclic) bond motifs is 1. The van der Waals surface area contributed by atoms with E-state index in [4.69, 9.17) is 10.5 Å². The van der Waals surface area contributed by atoms with Crippen LogP contribution in [0.1, 0.15) is 63.3 Å². The molecule has 0 radical (unpaired) electrons. The van der Waals surface area contributed by atoms with Gasteiger partial charge in [-0.3, -0.25) is 19.3 Å². The Morgan fingerprint density at radius 2 is 1.76 bits per heavy atom. The zero-order valence-corrected chi connectivity index (χ0v) is 28.7. The summed E-state index contributed by atoms with van der Waals surface area (Å²) in [6, 6.07) is 13.4. The average Bonchev–Trinajstić information content (AvgIpc) is 3.31. The van der Waals surface area contributed by atoms with Crippen molar-refractivity contribution in [1.82, 2.24) is 20.4 Å². The maximum absolute atomic E-state index is 14.4. The van der Waals surface area contributed by atoms with Gasteiger partial charge in [-0.05, 0) is 81.8 Å². The van der Waals surface area contributed by atoms with Gasteiger partial charge in [0.25, 0.3) is 0 Å². The van der Waals surface area contributed by atoms with E-state index in [9.17, 15) is 19.2 Å². The quantitative estimate of drug-likeness (QED) is 0.294. The Bertz CT molecular complexity index is 1410. The molecule has 45 heavy (non-hydrogen) atoms. The van der Waals surface area contributed by atoms with E-state index in [0.717, 1.165) is 30.4 Å². The highest BCUT2D eigenvalue weighted by Crippen LogP contribution is 2.32. The first kappa shape index (κ1) is 34.0. The number of ether oxygens (including phenoxy) is 1. The van der Waals surface area contributed by atoms with Gasteiger partial charge in [-0.1, -0.05) is 49.5 Å². The zero-order valence-electron chi connectivity index (χ0n) is 27.7. The third-order valence-electron chi connectivity index (χ3n) is 8.67. The number of anilines is 1. The molecule has 0 bridgehead atoms. The number of hydrogen-bond acceptors (Lipinski definition) is 6. The summed E-state index contributed by atoms with van der Waals surface area (Å²) >= 11 is 0. The minimum absolute atomic E-state index is 0.0979. The average molecular weight is 636 g/mol. The highest BCUT2D eigenvalue weighted by atomic mass is 28.3. The van der Waals surface area contributed by atoms with Crippen LogP contribution in [0.2, 0.25) is 19.1 Å². The number of nitrogen functional groups attached to an aromatic ring is 1. The number of nitrogens with zero attached hydrogens (tertiary/aromatic N) is 2. The lowest BCUT2D eigenvalue weighted by Gasteiger charge is -2.33. The van der Waals surface area contributed by atoms with Gasteiger partial charge >= 0.3 is 6.09 Å². The summed E-state index contributed by atoms with van der Waals surface area (Å²) in [5.74, 6) is -0.957. The summed E-state index contributed by atoms with van der Waals surface area (Å²) in [7, 11) is -0.453. The van der Waals surface area contributed by atoms with E-state index in [1.165, 1.54) is 17.5 Å². The Labute approximate surface area is 268 Å². The van der Waals surface area contributed by atoms with Crippen molar-refractivity contribution in [3.05, 3.63) is 65.2 Å². The van der Waals surface area contributed by atoms with Crippen molar-refractivity contribution in [2.45, 2.75) is 102 Å². The van der Waals surface area contributed by atoms with E-state index < -0.39 is 43.8 Å². The molecule has 0 aromatic heterocycles. The molecule has 0 saturated carbocycles. The molecule has 2 aromatic rings. The molecule has 1 fully saturated rings. The van der Waals surface area contributed by atoms with Crippen molar-refractivity contribution in [2.75, 3.05) is 18.9 Å². The first-order valence-electron chi connectivity index (χ1n) is 15.8. The van der Waals surface area contributed by atoms with E-state index >= 15 is 0 Å². The van der Waals surface area contributed by atoms with Gasteiger partial charge in [0.05, 0.1) is 14.1 Å². The molecular weight excluding hydrogens is 586 g/mol. The zero-order chi connectivity index (χ0) is 33.1. The normalized spacial score (nSPS) is 20.4. The van der Waals surface area contributed by atoms with Crippen molar-refractivity contribution in [1.29, 1.82) is 0 Å². The lowest BCUT2D eigenvalue weighted by molar-refractivity contribution is -0.141. The maximum Gasteiger partial charge on any atom is 0.410 e. The molecule has 4 atom stereocenters. The number of carbonyl (C=O) groups is 4. The summed E-state index contributed by atoms with van der Waals surface area (Å²) in [6.45, 7) is 11.2. The van der Waals surface area contributed by atoms with Crippen LogP contribution in [0.15, 0.2) is 48.5 Å². The molecule has 1 aliphatic carbocycles. The van der Waals surface area contributed by atoms with Crippen molar-refractivity contribution >= 4 is 37.6 Å². The van der Waals surface area contributed by atoms with Crippen molar-refractivity contribution in [3.63, 3.8) is 0 Å². The number of likely N-dealkylation sites (N-methyl/N-ethyl adjacent to an activating group) is 1. The number of benzene rings is 2. The highest BCUT2D eigenvalue weighted by molar-refractivity contribution is 6.79.